The minimum atomic E-state index is -0.237. The zero-order valence-corrected chi connectivity index (χ0v) is 14.1. The van der Waals surface area contributed by atoms with Crippen LogP contribution in [0.2, 0.25) is 0 Å². The van der Waals surface area contributed by atoms with Crippen molar-refractivity contribution in [1.29, 1.82) is 0 Å². The molecule has 1 aliphatic rings. The van der Waals surface area contributed by atoms with Gasteiger partial charge in [0.15, 0.2) is 0 Å². The second kappa shape index (κ2) is 8.65. The highest BCUT2D eigenvalue weighted by Crippen LogP contribution is 2.29. The summed E-state index contributed by atoms with van der Waals surface area (Å²) in [6, 6.07) is 19.1. The van der Waals surface area contributed by atoms with Gasteiger partial charge in [-0.25, -0.2) is 4.79 Å². The third-order valence-electron chi connectivity index (χ3n) is 4.46. The molecule has 0 aromatic heterocycles. The standard InChI is InChI=1S/C20H24N2O3/c23-13-11-17(15-7-3-1-4-8-15)21-20(24)22-18-12-14-25-19(18)16-9-5-2-6-10-16/h1-10,17-19,23H,11-14H2,(H2,21,22,24)/t17-,18?,19?/m1/s1. The summed E-state index contributed by atoms with van der Waals surface area (Å²) >= 11 is 0. The normalized spacial score (nSPS) is 20.8. The van der Waals surface area contributed by atoms with Crippen molar-refractivity contribution in [2.75, 3.05) is 13.2 Å². The van der Waals surface area contributed by atoms with Gasteiger partial charge in [-0.15, -0.1) is 0 Å². The van der Waals surface area contributed by atoms with E-state index in [1.54, 1.807) is 0 Å². The minimum absolute atomic E-state index is 0.0129. The highest BCUT2D eigenvalue weighted by atomic mass is 16.5. The van der Waals surface area contributed by atoms with Crippen molar-refractivity contribution in [3.8, 4) is 0 Å². The van der Waals surface area contributed by atoms with E-state index in [4.69, 9.17) is 4.74 Å². The zero-order valence-electron chi connectivity index (χ0n) is 14.1. The molecule has 3 rings (SSSR count). The quantitative estimate of drug-likeness (QED) is 0.757. The van der Waals surface area contributed by atoms with Crippen LogP contribution in [0, 0.1) is 0 Å². The van der Waals surface area contributed by atoms with Gasteiger partial charge in [-0.05, 0) is 24.0 Å². The molecule has 2 aromatic rings. The first-order valence-corrected chi connectivity index (χ1v) is 8.67. The number of urea groups is 1. The second-order valence-corrected chi connectivity index (χ2v) is 6.19. The summed E-state index contributed by atoms with van der Waals surface area (Å²) in [6.45, 7) is 0.641. The topological polar surface area (TPSA) is 70.6 Å². The molecule has 25 heavy (non-hydrogen) atoms. The monoisotopic (exact) mass is 340 g/mol. The van der Waals surface area contributed by atoms with Crippen molar-refractivity contribution in [3.05, 3.63) is 71.8 Å². The Morgan fingerprint density at radius 3 is 2.48 bits per heavy atom. The predicted molar refractivity (Wildman–Crippen MR) is 96.1 cm³/mol. The van der Waals surface area contributed by atoms with Crippen LogP contribution in [-0.4, -0.2) is 30.4 Å². The van der Waals surface area contributed by atoms with E-state index >= 15 is 0 Å². The van der Waals surface area contributed by atoms with E-state index in [0.717, 1.165) is 17.5 Å². The summed E-state index contributed by atoms with van der Waals surface area (Å²) in [7, 11) is 0. The van der Waals surface area contributed by atoms with Crippen molar-refractivity contribution in [1.82, 2.24) is 10.6 Å². The third kappa shape index (κ3) is 4.59. The zero-order chi connectivity index (χ0) is 17.5. The number of aliphatic hydroxyl groups is 1. The lowest BCUT2D eigenvalue weighted by molar-refractivity contribution is 0.0997. The van der Waals surface area contributed by atoms with Gasteiger partial charge in [0.05, 0.1) is 12.1 Å². The summed E-state index contributed by atoms with van der Waals surface area (Å²) in [5.41, 5.74) is 2.05. The second-order valence-electron chi connectivity index (χ2n) is 6.19. The molecule has 1 saturated heterocycles. The van der Waals surface area contributed by atoms with Crippen LogP contribution >= 0.6 is 0 Å². The Morgan fingerprint density at radius 2 is 1.80 bits per heavy atom. The van der Waals surface area contributed by atoms with Gasteiger partial charge in [0, 0.05) is 13.2 Å². The van der Waals surface area contributed by atoms with Crippen LogP contribution < -0.4 is 10.6 Å². The Balaban J connectivity index is 1.62. The van der Waals surface area contributed by atoms with Crippen LogP contribution in [0.1, 0.15) is 36.1 Å². The SMILES string of the molecule is O=C(NC1CCOC1c1ccccc1)N[C@H](CCO)c1ccccc1. The molecule has 0 saturated carbocycles. The summed E-state index contributed by atoms with van der Waals surface area (Å²) < 4.78 is 5.81. The average molecular weight is 340 g/mol. The van der Waals surface area contributed by atoms with Crippen molar-refractivity contribution in [2.45, 2.75) is 31.0 Å². The Labute approximate surface area is 148 Å². The fourth-order valence-corrected chi connectivity index (χ4v) is 3.21. The van der Waals surface area contributed by atoms with E-state index in [9.17, 15) is 9.90 Å². The summed E-state index contributed by atoms with van der Waals surface area (Å²) in [5.74, 6) is 0. The van der Waals surface area contributed by atoms with E-state index in [1.165, 1.54) is 0 Å². The van der Waals surface area contributed by atoms with Gasteiger partial charge in [-0.2, -0.15) is 0 Å². The maximum atomic E-state index is 12.5. The minimum Gasteiger partial charge on any atom is -0.396 e. The van der Waals surface area contributed by atoms with Crippen LogP contribution in [0.15, 0.2) is 60.7 Å². The fourth-order valence-electron chi connectivity index (χ4n) is 3.21. The smallest absolute Gasteiger partial charge is 0.315 e. The first kappa shape index (κ1) is 17.5. The van der Waals surface area contributed by atoms with Gasteiger partial charge < -0.3 is 20.5 Å². The van der Waals surface area contributed by atoms with Gasteiger partial charge in [0.2, 0.25) is 0 Å². The lowest BCUT2D eigenvalue weighted by Crippen LogP contribution is -2.44. The summed E-state index contributed by atoms with van der Waals surface area (Å²) in [6.07, 6.45) is 1.13. The van der Waals surface area contributed by atoms with E-state index in [0.29, 0.717) is 13.0 Å². The molecule has 3 N–H and O–H groups in total. The fraction of sp³-hybridized carbons (Fsp3) is 0.350. The number of aliphatic hydroxyl groups excluding tert-OH is 1. The third-order valence-corrected chi connectivity index (χ3v) is 4.46. The maximum absolute atomic E-state index is 12.5. The van der Waals surface area contributed by atoms with E-state index < -0.39 is 0 Å². The van der Waals surface area contributed by atoms with Crippen LogP contribution in [0.4, 0.5) is 4.79 Å². The number of carbonyl (C=O) groups is 1. The molecule has 3 atom stereocenters. The molecule has 1 heterocycles. The van der Waals surface area contributed by atoms with E-state index in [-0.39, 0.29) is 30.8 Å². The van der Waals surface area contributed by atoms with Crippen LogP contribution in [0.25, 0.3) is 0 Å². The average Bonchev–Trinajstić information content (AvgIpc) is 3.11. The molecular formula is C20H24N2O3. The summed E-state index contributed by atoms with van der Waals surface area (Å²) in [4.78, 5) is 12.5. The lowest BCUT2D eigenvalue weighted by atomic mass is 10.0. The Kier molecular flexibility index (Phi) is 6.04. The number of rotatable bonds is 6. The van der Waals surface area contributed by atoms with Gasteiger partial charge in [-0.1, -0.05) is 60.7 Å². The molecule has 0 spiro atoms. The first-order chi connectivity index (χ1) is 12.3. The molecule has 1 aliphatic heterocycles. The number of nitrogens with one attached hydrogen (secondary N) is 2. The maximum Gasteiger partial charge on any atom is 0.315 e. The predicted octanol–water partition coefficient (Wildman–Crippen LogP) is 2.94. The number of hydrogen-bond donors (Lipinski definition) is 3. The van der Waals surface area contributed by atoms with Gasteiger partial charge in [-0.3, -0.25) is 0 Å². The van der Waals surface area contributed by atoms with Gasteiger partial charge in [0.25, 0.3) is 0 Å². The van der Waals surface area contributed by atoms with E-state index in [1.807, 2.05) is 60.7 Å². The molecule has 0 radical (unpaired) electrons. The molecule has 2 amide bonds. The molecule has 2 unspecified atom stereocenters. The molecule has 5 nitrogen and oxygen atoms in total. The molecule has 1 fully saturated rings. The Hall–Kier alpha value is -2.37. The highest BCUT2D eigenvalue weighted by molar-refractivity contribution is 5.75. The van der Waals surface area contributed by atoms with Crippen LogP contribution in [0.5, 0.6) is 0 Å². The van der Waals surface area contributed by atoms with Gasteiger partial charge >= 0.3 is 6.03 Å². The van der Waals surface area contributed by atoms with Crippen molar-refractivity contribution in [3.63, 3.8) is 0 Å². The van der Waals surface area contributed by atoms with Gasteiger partial charge in [0.1, 0.15) is 6.10 Å². The Bertz CT molecular complexity index is 663. The van der Waals surface area contributed by atoms with Crippen LogP contribution in [-0.2, 0) is 4.74 Å². The first-order valence-electron chi connectivity index (χ1n) is 8.67. The number of ether oxygens (including phenoxy) is 1. The van der Waals surface area contributed by atoms with Crippen molar-refractivity contribution < 1.29 is 14.6 Å². The largest absolute Gasteiger partial charge is 0.396 e. The van der Waals surface area contributed by atoms with Crippen molar-refractivity contribution in [2.24, 2.45) is 0 Å². The summed E-state index contributed by atoms with van der Waals surface area (Å²) in [5, 5.41) is 15.3. The molecule has 5 heteroatoms. The molecule has 0 aliphatic carbocycles. The van der Waals surface area contributed by atoms with Crippen molar-refractivity contribution >= 4 is 6.03 Å². The van der Waals surface area contributed by atoms with Crippen LogP contribution in [0.3, 0.4) is 0 Å². The molecule has 132 valence electrons. The molecular weight excluding hydrogens is 316 g/mol. The highest BCUT2D eigenvalue weighted by Gasteiger charge is 2.31. The molecule has 2 aromatic carbocycles. The number of amides is 2. The lowest BCUT2D eigenvalue weighted by Gasteiger charge is -2.23. The Morgan fingerprint density at radius 1 is 1.12 bits per heavy atom. The number of carbonyl (C=O) groups excluding carboxylic acids is 1. The number of hydrogen-bond acceptors (Lipinski definition) is 3. The van der Waals surface area contributed by atoms with E-state index in [2.05, 4.69) is 10.6 Å². The number of benzene rings is 2. The molecule has 0 bridgehead atoms.